The lowest BCUT2D eigenvalue weighted by molar-refractivity contribution is -0.210. The Bertz CT molecular complexity index is 291. The van der Waals surface area contributed by atoms with E-state index in [-0.39, 0.29) is 0 Å². The molecule has 0 spiro atoms. The number of aliphatic hydroxyl groups excluding tert-OH is 2. The highest BCUT2D eigenvalue weighted by atomic mass is 35.5. The third kappa shape index (κ3) is 3.88. The van der Waals surface area contributed by atoms with E-state index in [9.17, 15) is 15.0 Å². The first-order chi connectivity index (χ1) is 8.38. The van der Waals surface area contributed by atoms with E-state index in [1.165, 1.54) is 11.8 Å². The third-order valence-corrected chi connectivity index (χ3v) is 3.95. The number of aliphatic hydroxyl groups is 2. The van der Waals surface area contributed by atoms with Gasteiger partial charge in [0, 0.05) is 0 Å². The Kier molecular flexibility index (Phi) is 6.50. The number of hydrogen-bond donors (Lipinski definition) is 2. The number of alkyl halides is 2. The van der Waals surface area contributed by atoms with Gasteiger partial charge in [-0.1, -0.05) is 30.1 Å². The van der Waals surface area contributed by atoms with Crippen LogP contribution in [0.4, 0.5) is 0 Å². The molecule has 1 saturated heterocycles. The first kappa shape index (κ1) is 16.3. The summed E-state index contributed by atoms with van der Waals surface area (Å²) in [5, 5.41) is 19.8. The maximum absolute atomic E-state index is 11.3. The van der Waals surface area contributed by atoms with Gasteiger partial charge in [-0.3, -0.25) is 0 Å². The molecule has 18 heavy (non-hydrogen) atoms. The molecular weight excluding hydrogens is 303 g/mol. The Morgan fingerprint density at radius 1 is 1.44 bits per heavy atom. The SMILES string of the molecule is CCS[C@@H]1O[C@@H](C)[C@H](OC(=O)C(Cl)Cl)[C@@H](O)[C@H]1O. The van der Waals surface area contributed by atoms with E-state index in [1.54, 1.807) is 6.92 Å². The topological polar surface area (TPSA) is 76.0 Å². The number of carbonyl (C=O) groups excluding carboxylic acids is 1. The van der Waals surface area contributed by atoms with Gasteiger partial charge in [-0.2, -0.15) is 0 Å². The van der Waals surface area contributed by atoms with E-state index in [1.807, 2.05) is 6.92 Å². The molecular formula is C10H16Cl2O5S. The second-order valence-electron chi connectivity index (χ2n) is 3.85. The summed E-state index contributed by atoms with van der Waals surface area (Å²) in [6.45, 7) is 3.56. The fraction of sp³-hybridized carbons (Fsp3) is 0.900. The zero-order chi connectivity index (χ0) is 13.9. The van der Waals surface area contributed by atoms with Crippen molar-refractivity contribution in [2.75, 3.05) is 5.75 Å². The zero-order valence-corrected chi connectivity index (χ0v) is 12.3. The van der Waals surface area contributed by atoms with Crippen LogP contribution in [0.3, 0.4) is 0 Å². The van der Waals surface area contributed by atoms with E-state index in [0.29, 0.717) is 0 Å². The van der Waals surface area contributed by atoms with E-state index >= 15 is 0 Å². The van der Waals surface area contributed by atoms with Crippen molar-refractivity contribution in [2.24, 2.45) is 0 Å². The van der Waals surface area contributed by atoms with Gasteiger partial charge in [0.2, 0.25) is 4.84 Å². The molecule has 0 aromatic rings. The normalized spacial score (nSPS) is 36.7. The zero-order valence-electron chi connectivity index (χ0n) is 9.95. The lowest BCUT2D eigenvalue weighted by Gasteiger charge is -2.40. The number of thioether (sulfide) groups is 1. The average molecular weight is 319 g/mol. The minimum atomic E-state index is -1.33. The molecule has 1 aliphatic rings. The summed E-state index contributed by atoms with van der Waals surface area (Å²) in [5.74, 6) is -0.136. The molecule has 0 saturated carbocycles. The number of halogens is 2. The van der Waals surface area contributed by atoms with Crippen molar-refractivity contribution in [1.82, 2.24) is 0 Å². The van der Waals surface area contributed by atoms with Gasteiger partial charge in [-0.15, -0.1) is 11.8 Å². The number of esters is 1. The van der Waals surface area contributed by atoms with Gasteiger partial charge < -0.3 is 19.7 Å². The molecule has 1 heterocycles. The van der Waals surface area contributed by atoms with E-state index < -0.39 is 40.7 Å². The first-order valence-corrected chi connectivity index (χ1v) is 7.42. The second kappa shape index (κ2) is 7.17. The molecule has 5 atom stereocenters. The van der Waals surface area contributed by atoms with Gasteiger partial charge in [0.1, 0.15) is 17.6 Å². The first-order valence-electron chi connectivity index (χ1n) is 5.50. The second-order valence-corrected chi connectivity index (χ2v) is 6.32. The lowest BCUT2D eigenvalue weighted by atomic mass is 10.0. The molecule has 0 aromatic carbocycles. The Morgan fingerprint density at radius 2 is 2.06 bits per heavy atom. The van der Waals surface area contributed by atoms with Crippen molar-refractivity contribution in [3.63, 3.8) is 0 Å². The van der Waals surface area contributed by atoms with Crippen LogP contribution in [0.2, 0.25) is 0 Å². The summed E-state index contributed by atoms with van der Waals surface area (Å²) in [7, 11) is 0. The molecule has 0 amide bonds. The van der Waals surface area contributed by atoms with E-state index in [2.05, 4.69) is 0 Å². The summed E-state index contributed by atoms with van der Waals surface area (Å²) in [6.07, 6.45) is -3.90. The van der Waals surface area contributed by atoms with Crippen LogP contribution in [-0.4, -0.2) is 56.6 Å². The van der Waals surface area contributed by atoms with Gasteiger partial charge in [0.05, 0.1) is 6.10 Å². The summed E-state index contributed by atoms with van der Waals surface area (Å²) < 4.78 is 10.4. The largest absolute Gasteiger partial charge is 0.455 e. The third-order valence-electron chi connectivity index (χ3n) is 2.54. The van der Waals surface area contributed by atoms with Crippen LogP contribution in [0.1, 0.15) is 13.8 Å². The minimum Gasteiger partial charge on any atom is -0.455 e. The number of hydrogen-bond acceptors (Lipinski definition) is 6. The fourth-order valence-corrected chi connectivity index (χ4v) is 2.70. The maximum atomic E-state index is 11.3. The Morgan fingerprint density at radius 3 is 2.56 bits per heavy atom. The smallest absolute Gasteiger partial charge is 0.339 e. The summed E-state index contributed by atoms with van der Waals surface area (Å²) in [6, 6.07) is 0. The number of carbonyl (C=O) groups is 1. The Hall–Kier alpha value is 0.280. The van der Waals surface area contributed by atoms with Crippen LogP contribution in [0, 0.1) is 0 Å². The maximum Gasteiger partial charge on any atom is 0.339 e. The van der Waals surface area contributed by atoms with Crippen molar-refractivity contribution >= 4 is 40.9 Å². The Balaban J connectivity index is 2.68. The van der Waals surface area contributed by atoms with E-state index in [0.717, 1.165) is 5.75 Å². The van der Waals surface area contributed by atoms with Crippen LogP contribution in [0.15, 0.2) is 0 Å². The molecule has 8 heteroatoms. The molecule has 1 rings (SSSR count). The predicted molar refractivity (Wildman–Crippen MR) is 69.9 cm³/mol. The van der Waals surface area contributed by atoms with Crippen LogP contribution < -0.4 is 0 Å². The molecule has 0 unspecified atom stereocenters. The molecule has 0 aromatic heterocycles. The van der Waals surface area contributed by atoms with Gasteiger partial charge >= 0.3 is 5.97 Å². The molecule has 1 aliphatic heterocycles. The predicted octanol–water partition coefficient (Wildman–Crippen LogP) is 0.922. The standard InChI is InChI=1S/C10H16Cl2O5S/c1-3-18-10-6(14)5(13)7(4(2)16-10)17-9(15)8(11)12/h4-8,10,13-14H,3H2,1-2H3/t4-,5-,6+,7-,10-/m0/s1. The molecule has 2 N–H and O–H groups in total. The molecule has 0 radical (unpaired) electrons. The Labute approximate surface area is 120 Å². The summed E-state index contributed by atoms with van der Waals surface area (Å²) in [5.41, 5.74) is -0.544. The van der Waals surface area contributed by atoms with Crippen LogP contribution in [0.25, 0.3) is 0 Å². The van der Waals surface area contributed by atoms with Gasteiger partial charge in [-0.05, 0) is 12.7 Å². The molecule has 0 bridgehead atoms. The quantitative estimate of drug-likeness (QED) is 0.593. The highest BCUT2D eigenvalue weighted by Gasteiger charge is 2.45. The average Bonchev–Trinajstić information content (AvgIpc) is 2.31. The molecule has 0 aliphatic carbocycles. The summed E-state index contributed by atoms with van der Waals surface area (Å²) >= 11 is 12.1. The van der Waals surface area contributed by atoms with Crippen molar-refractivity contribution in [3.8, 4) is 0 Å². The molecule has 1 fully saturated rings. The van der Waals surface area contributed by atoms with E-state index in [4.69, 9.17) is 32.7 Å². The fourth-order valence-electron chi connectivity index (χ4n) is 1.66. The summed E-state index contributed by atoms with van der Waals surface area (Å²) in [4.78, 5) is 9.95. The monoisotopic (exact) mass is 318 g/mol. The number of rotatable bonds is 4. The highest BCUT2D eigenvalue weighted by Crippen LogP contribution is 2.30. The van der Waals surface area contributed by atoms with Crippen LogP contribution in [0.5, 0.6) is 0 Å². The number of ether oxygens (including phenoxy) is 2. The minimum absolute atomic E-state index is 0.544. The highest BCUT2D eigenvalue weighted by molar-refractivity contribution is 7.99. The van der Waals surface area contributed by atoms with Gasteiger partial charge in [0.25, 0.3) is 0 Å². The van der Waals surface area contributed by atoms with Crippen LogP contribution >= 0.6 is 35.0 Å². The van der Waals surface area contributed by atoms with Crippen LogP contribution in [-0.2, 0) is 14.3 Å². The molecule has 5 nitrogen and oxygen atoms in total. The van der Waals surface area contributed by atoms with Gasteiger partial charge in [0.15, 0.2) is 6.10 Å². The lowest BCUT2D eigenvalue weighted by Crippen LogP contribution is -2.57. The van der Waals surface area contributed by atoms with Crippen molar-refractivity contribution in [2.45, 2.75) is 48.5 Å². The van der Waals surface area contributed by atoms with Crippen molar-refractivity contribution < 1.29 is 24.5 Å². The van der Waals surface area contributed by atoms with Crippen molar-refractivity contribution in [3.05, 3.63) is 0 Å². The molecule has 106 valence electrons. The van der Waals surface area contributed by atoms with Crippen molar-refractivity contribution in [1.29, 1.82) is 0 Å². The van der Waals surface area contributed by atoms with Gasteiger partial charge in [-0.25, -0.2) is 4.79 Å².